The van der Waals surface area contributed by atoms with E-state index in [9.17, 15) is 14.0 Å². The van der Waals surface area contributed by atoms with Gasteiger partial charge in [-0.25, -0.2) is 4.39 Å². The second-order valence-electron chi connectivity index (χ2n) is 5.33. The molecule has 2 rings (SSSR count). The SMILES string of the molecule is CN(CC(=O)Nc1cccc(Cl)c1)[C@H](C(N)=O)c1cccc(F)c1. The van der Waals surface area contributed by atoms with E-state index in [1.807, 2.05) is 0 Å². The summed E-state index contributed by atoms with van der Waals surface area (Å²) in [4.78, 5) is 25.3. The Balaban J connectivity index is 2.09. The summed E-state index contributed by atoms with van der Waals surface area (Å²) in [5, 5.41) is 3.18. The zero-order chi connectivity index (χ0) is 17.7. The first-order chi connectivity index (χ1) is 11.4. The van der Waals surface area contributed by atoms with Crippen LogP contribution in [-0.4, -0.2) is 30.3 Å². The number of rotatable bonds is 6. The largest absolute Gasteiger partial charge is 0.368 e. The van der Waals surface area contributed by atoms with Gasteiger partial charge in [-0.3, -0.25) is 14.5 Å². The number of hydrogen-bond acceptors (Lipinski definition) is 3. The van der Waals surface area contributed by atoms with Gasteiger partial charge in [-0.1, -0.05) is 29.8 Å². The molecule has 2 aromatic carbocycles. The standard InChI is InChI=1S/C17H17ClFN3O2/c1-22(10-15(23)21-14-7-3-5-12(18)9-14)16(17(20)24)11-4-2-6-13(19)8-11/h2-9,16H,10H2,1H3,(H2,20,24)(H,21,23)/t16-/m0/s1. The molecule has 0 saturated carbocycles. The molecule has 0 heterocycles. The third-order valence-electron chi connectivity index (χ3n) is 3.38. The molecule has 2 aromatic rings. The molecule has 0 unspecified atom stereocenters. The van der Waals surface area contributed by atoms with Crippen molar-refractivity contribution in [1.82, 2.24) is 4.90 Å². The van der Waals surface area contributed by atoms with E-state index in [1.165, 1.54) is 23.1 Å². The Hall–Kier alpha value is -2.44. The molecule has 0 spiro atoms. The van der Waals surface area contributed by atoms with Gasteiger partial charge >= 0.3 is 0 Å². The minimum Gasteiger partial charge on any atom is -0.368 e. The average molecular weight is 350 g/mol. The van der Waals surface area contributed by atoms with E-state index in [0.717, 1.165) is 0 Å². The lowest BCUT2D eigenvalue weighted by molar-refractivity contribution is -0.124. The lowest BCUT2D eigenvalue weighted by Crippen LogP contribution is -2.39. The molecule has 0 aliphatic heterocycles. The van der Waals surface area contributed by atoms with Crippen LogP contribution < -0.4 is 11.1 Å². The van der Waals surface area contributed by atoms with Crippen LogP contribution in [0.1, 0.15) is 11.6 Å². The fourth-order valence-corrected chi connectivity index (χ4v) is 2.59. The van der Waals surface area contributed by atoms with Crippen molar-refractivity contribution in [2.45, 2.75) is 6.04 Å². The lowest BCUT2D eigenvalue weighted by atomic mass is 10.0. The minimum atomic E-state index is -0.911. The summed E-state index contributed by atoms with van der Waals surface area (Å²) in [7, 11) is 1.57. The molecule has 0 radical (unpaired) electrons. The third kappa shape index (κ3) is 4.78. The second-order valence-corrected chi connectivity index (χ2v) is 5.77. The zero-order valence-corrected chi connectivity index (χ0v) is 13.8. The van der Waals surface area contributed by atoms with Crippen LogP contribution in [0.15, 0.2) is 48.5 Å². The Morgan fingerprint density at radius 3 is 2.58 bits per heavy atom. The number of amides is 2. The average Bonchev–Trinajstić information content (AvgIpc) is 2.46. The highest BCUT2D eigenvalue weighted by atomic mass is 35.5. The number of nitrogens with two attached hydrogens (primary N) is 1. The highest BCUT2D eigenvalue weighted by Crippen LogP contribution is 2.20. The summed E-state index contributed by atoms with van der Waals surface area (Å²) in [5.41, 5.74) is 6.35. The number of halogens is 2. The molecule has 0 bridgehead atoms. The van der Waals surface area contributed by atoms with E-state index in [2.05, 4.69) is 5.32 Å². The summed E-state index contributed by atoms with van der Waals surface area (Å²) in [6.07, 6.45) is 0. The Morgan fingerprint density at radius 2 is 1.96 bits per heavy atom. The van der Waals surface area contributed by atoms with E-state index in [0.29, 0.717) is 16.3 Å². The van der Waals surface area contributed by atoms with Gasteiger partial charge in [0.2, 0.25) is 11.8 Å². The Morgan fingerprint density at radius 1 is 1.25 bits per heavy atom. The highest BCUT2D eigenvalue weighted by Gasteiger charge is 2.24. The highest BCUT2D eigenvalue weighted by molar-refractivity contribution is 6.30. The number of nitrogens with zero attached hydrogens (tertiary/aromatic N) is 1. The quantitative estimate of drug-likeness (QED) is 0.841. The zero-order valence-electron chi connectivity index (χ0n) is 13.0. The Kier molecular flexibility index (Phi) is 5.89. The third-order valence-corrected chi connectivity index (χ3v) is 3.61. The molecule has 7 heteroatoms. The number of likely N-dealkylation sites (N-methyl/N-ethyl adjacent to an activating group) is 1. The number of carbonyl (C=O) groups excluding carboxylic acids is 2. The fourth-order valence-electron chi connectivity index (χ4n) is 2.40. The van der Waals surface area contributed by atoms with E-state index in [4.69, 9.17) is 17.3 Å². The summed E-state index contributed by atoms with van der Waals surface area (Å²) >= 11 is 5.86. The lowest BCUT2D eigenvalue weighted by Gasteiger charge is -2.25. The van der Waals surface area contributed by atoms with E-state index >= 15 is 0 Å². The maximum atomic E-state index is 13.4. The van der Waals surface area contributed by atoms with Crippen molar-refractivity contribution < 1.29 is 14.0 Å². The molecule has 3 N–H and O–H groups in total. The first-order valence-corrected chi connectivity index (χ1v) is 7.55. The molecule has 24 heavy (non-hydrogen) atoms. The molecule has 0 fully saturated rings. The van der Waals surface area contributed by atoms with Gasteiger partial charge < -0.3 is 11.1 Å². The summed E-state index contributed by atoms with van der Waals surface area (Å²) in [6, 6.07) is 11.4. The molecule has 1 atom stereocenters. The van der Waals surface area contributed by atoms with Crippen LogP contribution in [0, 0.1) is 5.82 Å². The smallest absolute Gasteiger partial charge is 0.239 e. The fraction of sp³-hybridized carbons (Fsp3) is 0.176. The van der Waals surface area contributed by atoms with Gasteiger partial charge in [0.05, 0.1) is 6.54 Å². The maximum absolute atomic E-state index is 13.4. The van der Waals surface area contributed by atoms with Crippen molar-refractivity contribution in [1.29, 1.82) is 0 Å². The molecule has 5 nitrogen and oxygen atoms in total. The molecule has 0 aromatic heterocycles. The number of benzene rings is 2. The molecule has 0 aliphatic rings. The van der Waals surface area contributed by atoms with Crippen molar-refractivity contribution >= 4 is 29.1 Å². The molecule has 2 amide bonds. The van der Waals surface area contributed by atoms with Crippen molar-refractivity contribution in [3.63, 3.8) is 0 Å². The number of hydrogen-bond donors (Lipinski definition) is 2. The number of primary amides is 1. The minimum absolute atomic E-state index is 0.101. The van der Waals surface area contributed by atoms with Crippen LogP contribution in [0.5, 0.6) is 0 Å². The van der Waals surface area contributed by atoms with Gasteiger partial charge in [-0.15, -0.1) is 0 Å². The normalized spacial score (nSPS) is 12.0. The van der Waals surface area contributed by atoms with Crippen molar-refractivity contribution in [2.75, 3.05) is 18.9 Å². The van der Waals surface area contributed by atoms with Crippen molar-refractivity contribution in [2.24, 2.45) is 5.73 Å². The van der Waals surface area contributed by atoms with Crippen LogP contribution in [0.25, 0.3) is 0 Å². The van der Waals surface area contributed by atoms with E-state index in [1.54, 1.807) is 37.4 Å². The van der Waals surface area contributed by atoms with Gasteiger partial charge in [0.25, 0.3) is 0 Å². The first-order valence-electron chi connectivity index (χ1n) is 7.17. The Bertz CT molecular complexity index is 754. The monoisotopic (exact) mass is 349 g/mol. The van der Waals surface area contributed by atoms with Crippen LogP contribution in [0.4, 0.5) is 10.1 Å². The summed E-state index contributed by atoms with van der Waals surface area (Å²) in [6.45, 7) is -0.101. The van der Waals surface area contributed by atoms with E-state index in [-0.39, 0.29) is 12.5 Å². The van der Waals surface area contributed by atoms with Crippen molar-refractivity contribution in [3.05, 3.63) is 64.9 Å². The van der Waals surface area contributed by atoms with Gasteiger partial charge in [0, 0.05) is 10.7 Å². The Labute approximate surface area is 144 Å². The topological polar surface area (TPSA) is 75.4 Å². The van der Waals surface area contributed by atoms with Gasteiger partial charge in [-0.2, -0.15) is 0 Å². The number of nitrogens with one attached hydrogen (secondary N) is 1. The van der Waals surface area contributed by atoms with E-state index < -0.39 is 17.8 Å². The van der Waals surface area contributed by atoms with Crippen LogP contribution >= 0.6 is 11.6 Å². The van der Waals surface area contributed by atoms with Crippen molar-refractivity contribution in [3.8, 4) is 0 Å². The van der Waals surface area contributed by atoms with Crippen LogP contribution in [0.2, 0.25) is 5.02 Å². The maximum Gasteiger partial charge on any atom is 0.239 e. The van der Waals surface area contributed by atoms with Crippen LogP contribution in [-0.2, 0) is 9.59 Å². The predicted octanol–water partition coefficient (Wildman–Crippen LogP) is 2.58. The molecule has 0 aliphatic carbocycles. The first kappa shape index (κ1) is 17.9. The summed E-state index contributed by atoms with van der Waals surface area (Å²) < 4.78 is 13.4. The predicted molar refractivity (Wildman–Crippen MR) is 91.0 cm³/mol. The van der Waals surface area contributed by atoms with Gasteiger partial charge in [0.1, 0.15) is 11.9 Å². The molecule has 0 saturated heterocycles. The molecular weight excluding hydrogens is 333 g/mol. The van der Waals surface area contributed by atoms with Gasteiger partial charge in [0.15, 0.2) is 0 Å². The van der Waals surface area contributed by atoms with Crippen LogP contribution in [0.3, 0.4) is 0 Å². The number of anilines is 1. The molecular formula is C17H17ClFN3O2. The summed E-state index contributed by atoms with van der Waals surface area (Å²) in [5.74, 6) is -1.49. The number of carbonyl (C=O) groups is 2. The molecule has 126 valence electrons. The van der Waals surface area contributed by atoms with Gasteiger partial charge in [-0.05, 0) is 42.9 Å². The second kappa shape index (κ2) is 7.90.